The summed E-state index contributed by atoms with van der Waals surface area (Å²) in [5.74, 6) is 4.77. The van der Waals surface area contributed by atoms with E-state index in [2.05, 4.69) is 36.0 Å². The van der Waals surface area contributed by atoms with Crippen LogP contribution in [0.4, 0.5) is 0 Å². The van der Waals surface area contributed by atoms with Crippen molar-refractivity contribution in [1.29, 1.82) is 0 Å². The van der Waals surface area contributed by atoms with Crippen LogP contribution < -0.4 is 33.2 Å². The topological polar surface area (TPSA) is 91.3 Å². The zero-order valence-corrected chi connectivity index (χ0v) is 32.6. The van der Waals surface area contributed by atoms with Gasteiger partial charge in [-0.05, 0) is 110 Å². The number of hydrogen-bond donors (Lipinski definition) is 1. The molecule has 0 spiro atoms. The molecule has 4 aromatic rings. The Morgan fingerprint density at radius 1 is 0.635 bits per heavy atom. The van der Waals surface area contributed by atoms with Gasteiger partial charge in [-0.3, -0.25) is 9.80 Å². The van der Waals surface area contributed by atoms with E-state index in [0.29, 0.717) is 46.7 Å². The maximum absolute atomic E-state index is 11.5. The number of aromatic hydroxyl groups is 1. The second-order valence-corrected chi connectivity index (χ2v) is 13.2. The summed E-state index contributed by atoms with van der Waals surface area (Å²) >= 11 is 0. The molecular formula is C40H48Cl2N2O8. The van der Waals surface area contributed by atoms with Gasteiger partial charge in [-0.25, -0.2) is 0 Å². The van der Waals surface area contributed by atoms with E-state index >= 15 is 0 Å². The number of nitrogens with zero attached hydrogens (tertiary/aromatic N) is 2. The fourth-order valence-corrected chi connectivity index (χ4v) is 8.06. The van der Waals surface area contributed by atoms with E-state index in [1.807, 2.05) is 30.3 Å². The predicted molar refractivity (Wildman–Crippen MR) is 206 cm³/mol. The van der Waals surface area contributed by atoms with Crippen LogP contribution in [-0.4, -0.2) is 84.7 Å². The second-order valence-electron chi connectivity index (χ2n) is 13.2. The van der Waals surface area contributed by atoms with Gasteiger partial charge in [0.25, 0.3) is 0 Å². The van der Waals surface area contributed by atoms with Crippen LogP contribution in [0.5, 0.6) is 51.7 Å². The Hall–Kier alpha value is -4.22. The number of benzene rings is 4. The van der Waals surface area contributed by atoms with Crippen LogP contribution in [0.15, 0.2) is 42.5 Å². The summed E-state index contributed by atoms with van der Waals surface area (Å²) in [5, 5.41) is 11.5. The molecule has 10 nitrogen and oxygen atoms in total. The lowest BCUT2D eigenvalue weighted by Gasteiger charge is -2.40. The van der Waals surface area contributed by atoms with Gasteiger partial charge in [-0.1, -0.05) is 6.07 Å². The molecule has 0 aromatic heterocycles. The van der Waals surface area contributed by atoms with Crippen LogP contribution in [0, 0.1) is 0 Å². The van der Waals surface area contributed by atoms with Gasteiger partial charge >= 0.3 is 0 Å². The van der Waals surface area contributed by atoms with Crippen molar-refractivity contribution in [2.24, 2.45) is 0 Å². The first-order valence-electron chi connectivity index (χ1n) is 17.0. The Bertz CT molecular complexity index is 1950. The third kappa shape index (κ3) is 6.51. The first-order valence-corrected chi connectivity index (χ1v) is 17.0. The van der Waals surface area contributed by atoms with Gasteiger partial charge in [0.15, 0.2) is 46.0 Å². The quantitative estimate of drug-likeness (QED) is 0.175. The maximum Gasteiger partial charge on any atom is 0.204 e. The second kappa shape index (κ2) is 15.8. The number of halogens is 2. The number of likely N-dealkylation sites (N-methyl/N-ethyl adjacent to an activating group) is 2. The fraction of sp³-hybridized carbons (Fsp3) is 0.400. The SMILES string of the molecule is COc1cc2c(cc1OC)C(Cc1ccc(OC)c(OC)c1Oc1cc3c(cc1OC)-c1c(O)c(OC)cc4c1C(C3)N(C)CC4)N(C)CC2.Cl.Cl. The van der Waals surface area contributed by atoms with E-state index in [0.717, 1.165) is 65.9 Å². The summed E-state index contributed by atoms with van der Waals surface area (Å²) < 4.78 is 41.6. The molecule has 0 radical (unpaired) electrons. The van der Waals surface area contributed by atoms with Crippen LogP contribution in [0.25, 0.3) is 11.1 Å². The van der Waals surface area contributed by atoms with Crippen LogP contribution in [0.2, 0.25) is 0 Å². The monoisotopic (exact) mass is 754 g/mol. The molecule has 4 aromatic carbocycles. The number of phenolic OH excluding ortho intramolecular Hbond substituents is 1. The van der Waals surface area contributed by atoms with Crippen molar-refractivity contribution in [3.63, 3.8) is 0 Å². The number of methoxy groups -OCH3 is 6. The number of phenols is 1. The zero-order chi connectivity index (χ0) is 35.3. The fourth-order valence-electron chi connectivity index (χ4n) is 8.06. The normalized spacial score (nSPS) is 17.3. The number of ether oxygens (including phenoxy) is 7. The van der Waals surface area contributed by atoms with E-state index < -0.39 is 0 Å². The number of hydrogen-bond acceptors (Lipinski definition) is 10. The molecule has 2 aliphatic heterocycles. The van der Waals surface area contributed by atoms with E-state index in [1.54, 1.807) is 42.7 Å². The molecule has 280 valence electrons. The molecule has 0 saturated carbocycles. The third-order valence-electron chi connectivity index (χ3n) is 10.8. The van der Waals surface area contributed by atoms with Gasteiger partial charge in [0, 0.05) is 36.3 Å². The Morgan fingerprint density at radius 2 is 1.23 bits per heavy atom. The highest BCUT2D eigenvalue weighted by Gasteiger charge is 2.37. The Morgan fingerprint density at radius 3 is 1.90 bits per heavy atom. The molecule has 3 aliphatic rings. The summed E-state index contributed by atoms with van der Waals surface area (Å²) in [6, 6.07) is 14.3. The highest BCUT2D eigenvalue weighted by molar-refractivity contribution is 5.86. The van der Waals surface area contributed by atoms with Crippen molar-refractivity contribution in [3.05, 3.63) is 75.8 Å². The van der Waals surface area contributed by atoms with Crippen molar-refractivity contribution >= 4 is 24.8 Å². The Labute approximate surface area is 318 Å². The Kier molecular flexibility index (Phi) is 11.8. The van der Waals surface area contributed by atoms with Crippen LogP contribution >= 0.6 is 24.8 Å². The van der Waals surface area contributed by atoms with Crippen LogP contribution in [-0.2, 0) is 25.7 Å². The summed E-state index contributed by atoms with van der Waals surface area (Å²) in [6.07, 6.45) is 3.19. The minimum absolute atomic E-state index is 0. The molecule has 2 atom stereocenters. The summed E-state index contributed by atoms with van der Waals surface area (Å²) in [5.41, 5.74) is 8.50. The number of rotatable bonds is 10. The molecule has 7 rings (SSSR count). The van der Waals surface area contributed by atoms with Crippen molar-refractivity contribution in [1.82, 2.24) is 9.80 Å². The minimum Gasteiger partial charge on any atom is -0.504 e. The molecule has 1 N–H and O–H groups in total. The van der Waals surface area contributed by atoms with Gasteiger partial charge in [0.1, 0.15) is 0 Å². The smallest absolute Gasteiger partial charge is 0.204 e. The third-order valence-corrected chi connectivity index (χ3v) is 10.8. The first-order chi connectivity index (χ1) is 24.2. The summed E-state index contributed by atoms with van der Waals surface area (Å²) in [4.78, 5) is 4.72. The zero-order valence-electron chi connectivity index (χ0n) is 31.0. The van der Waals surface area contributed by atoms with Gasteiger partial charge in [0.2, 0.25) is 5.75 Å². The lowest BCUT2D eigenvalue weighted by Crippen LogP contribution is -2.35. The van der Waals surface area contributed by atoms with Crippen LogP contribution in [0.1, 0.15) is 45.5 Å². The van der Waals surface area contributed by atoms with E-state index in [4.69, 9.17) is 33.2 Å². The van der Waals surface area contributed by atoms with Gasteiger partial charge < -0.3 is 38.3 Å². The van der Waals surface area contributed by atoms with Gasteiger partial charge in [-0.2, -0.15) is 0 Å². The standard InChI is InChI=1S/C40H46N2O8.2ClH/c1-41-13-11-22-17-31(45-4)32(46-5)20-26(22)28(41)15-24-9-10-30(44-3)40(49-8)39(24)50-34-19-25-16-29-36-23(12-14-42(29)2)18-35(48-7)38(43)37(36)27(25)21-33(34)47-6;;/h9-10,17-21,28-29,43H,11-16H2,1-8H3;2*1H. The van der Waals surface area contributed by atoms with Crippen molar-refractivity contribution in [2.75, 3.05) is 69.8 Å². The average Bonchev–Trinajstić information content (AvgIpc) is 3.14. The average molecular weight is 756 g/mol. The highest BCUT2D eigenvalue weighted by Crippen LogP contribution is 2.55. The lowest BCUT2D eigenvalue weighted by atomic mass is 9.76. The molecule has 0 bridgehead atoms. The van der Waals surface area contributed by atoms with E-state index in [1.165, 1.54) is 16.7 Å². The molecule has 52 heavy (non-hydrogen) atoms. The molecule has 0 saturated heterocycles. The first kappa shape index (κ1) is 39.0. The molecule has 2 unspecified atom stereocenters. The van der Waals surface area contributed by atoms with Crippen LogP contribution in [0.3, 0.4) is 0 Å². The van der Waals surface area contributed by atoms with E-state index in [9.17, 15) is 5.11 Å². The van der Waals surface area contributed by atoms with Crippen molar-refractivity contribution in [2.45, 2.75) is 37.8 Å². The van der Waals surface area contributed by atoms with Crippen molar-refractivity contribution < 1.29 is 38.3 Å². The minimum atomic E-state index is 0. The largest absolute Gasteiger partial charge is 0.504 e. The summed E-state index contributed by atoms with van der Waals surface area (Å²) in [6.45, 7) is 1.81. The van der Waals surface area contributed by atoms with Gasteiger partial charge in [-0.15, -0.1) is 24.8 Å². The summed E-state index contributed by atoms with van der Waals surface area (Å²) in [7, 11) is 14.1. The highest BCUT2D eigenvalue weighted by atomic mass is 35.5. The molecule has 0 amide bonds. The molecule has 12 heteroatoms. The molecule has 1 aliphatic carbocycles. The molecule has 2 heterocycles. The lowest BCUT2D eigenvalue weighted by molar-refractivity contribution is 0.225. The van der Waals surface area contributed by atoms with Crippen molar-refractivity contribution in [3.8, 4) is 62.9 Å². The van der Waals surface area contributed by atoms with Gasteiger partial charge in [0.05, 0.1) is 42.7 Å². The number of fused-ring (bicyclic) bond motifs is 3. The maximum atomic E-state index is 11.5. The van der Waals surface area contributed by atoms with E-state index in [-0.39, 0.29) is 42.6 Å². The molecular weight excluding hydrogens is 707 g/mol. The molecule has 0 fully saturated rings. The Balaban J connectivity index is 0.00000261. The predicted octanol–water partition coefficient (Wildman–Crippen LogP) is 7.60.